The van der Waals surface area contributed by atoms with E-state index in [-0.39, 0.29) is 11.3 Å². The minimum atomic E-state index is -0.440. The monoisotopic (exact) mass is 428 g/mol. The van der Waals surface area contributed by atoms with Gasteiger partial charge in [0.25, 0.3) is 11.8 Å². The maximum atomic E-state index is 13.6. The van der Waals surface area contributed by atoms with Crippen molar-refractivity contribution in [2.75, 3.05) is 23.9 Å². The number of nitrogens with one attached hydrogen (secondary N) is 1. The summed E-state index contributed by atoms with van der Waals surface area (Å²) in [5.41, 5.74) is 3.26. The summed E-state index contributed by atoms with van der Waals surface area (Å²) in [7, 11) is 1.54. The van der Waals surface area contributed by atoms with Crippen LogP contribution in [-0.2, 0) is 9.59 Å². The van der Waals surface area contributed by atoms with Gasteiger partial charge in [-0.25, -0.2) is 4.90 Å². The van der Waals surface area contributed by atoms with Crippen LogP contribution in [0.1, 0.15) is 18.1 Å². The number of hydrogen-bond donors (Lipinski definition) is 1. The van der Waals surface area contributed by atoms with E-state index in [0.717, 1.165) is 5.56 Å². The topological polar surface area (TPSA) is 67.9 Å². The highest BCUT2D eigenvalue weighted by Gasteiger charge is 2.41. The Morgan fingerprint density at radius 2 is 1.66 bits per heavy atom. The highest BCUT2D eigenvalue weighted by atomic mass is 16.5. The Morgan fingerprint density at radius 3 is 2.38 bits per heavy atom. The van der Waals surface area contributed by atoms with Gasteiger partial charge >= 0.3 is 0 Å². The number of nitrogens with zero attached hydrogens (tertiary/aromatic N) is 1. The van der Waals surface area contributed by atoms with Gasteiger partial charge in [0.05, 0.1) is 25.0 Å². The van der Waals surface area contributed by atoms with Crippen molar-refractivity contribution in [2.45, 2.75) is 13.8 Å². The molecule has 1 N–H and O–H groups in total. The van der Waals surface area contributed by atoms with Crippen molar-refractivity contribution in [1.82, 2.24) is 0 Å². The fourth-order valence-electron chi connectivity index (χ4n) is 3.64. The molecule has 0 saturated heterocycles. The van der Waals surface area contributed by atoms with E-state index in [9.17, 15) is 9.59 Å². The minimum absolute atomic E-state index is 0.199. The highest BCUT2D eigenvalue weighted by Crippen LogP contribution is 2.38. The largest absolute Gasteiger partial charge is 0.496 e. The zero-order valence-corrected chi connectivity index (χ0v) is 18.2. The van der Waals surface area contributed by atoms with Crippen LogP contribution in [0.15, 0.2) is 78.5 Å². The van der Waals surface area contributed by atoms with Crippen LogP contribution in [0.2, 0.25) is 0 Å². The summed E-state index contributed by atoms with van der Waals surface area (Å²) in [5, 5.41) is 3.17. The molecule has 6 heteroatoms. The van der Waals surface area contributed by atoms with Crippen LogP contribution in [0.4, 0.5) is 11.4 Å². The molecule has 0 atom stereocenters. The van der Waals surface area contributed by atoms with E-state index >= 15 is 0 Å². The lowest BCUT2D eigenvalue weighted by Gasteiger charge is -2.16. The number of carbonyl (C=O) groups is 2. The van der Waals surface area contributed by atoms with E-state index in [1.165, 1.54) is 12.0 Å². The molecule has 0 unspecified atom stereocenters. The van der Waals surface area contributed by atoms with Crippen molar-refractivity contribution in [2.24, 2.45) is 0 Å². The minimum Gasteiger partial charge on any atom is -0.496 e. The van der Waals surface area contributed by atoms with Crippen LogP contribution >= 0.6 is 0 Å². The van der Waals surface area contributed by atoms with Crippen molar-refractivity contribution in [3.05, 3.63) is 89.6 Å². The van der Waals surface area contributed by atoms with E-state index in [4.69, 9.17) is 9.47 Å². The first-order valence-electron chi connectivity index (χ1n) is 10.4. The Bertz CT molecular complexity index is 1200. The molecule has 6 nitrogen and oxygen atoms in total. The van der Waals surface area contributed by atoms with Crippen LogP contribution in [0, 0.1) is 6.92 Å². The number of benzene rings is 3. The van der Waals surface area contributed by atoms with Gasteiger partial charge < -0.3 is 14.8 Å². The molecule has 1 aliphatic heterocycles. The molecule has 4 rings (SSSR count). The fraction of sp³-hybridized carbons (Fsp3) is 0.154. The molecule has 32 heavy (non-hydrogen) atoms. The molecular weight excluding hydrogens is 404 g/mol. The Balaban J connectivity index is 1.83. The predicted molar refractivity (Wildman–Crippen MR) is 125 cm³/mol. The second-order valence-electron chi connectivity index (χ2n) is 7.32. The van der Waals surface area contributed by atoms with Gasteiger partial charge in [0.1, 0.15) is 17.2 Å². The molecule has 162 valence electrons. The van der Waals surface area contributed by atoms with Crippen LogP contribution in [0.3, 0.4) is 0 Å². The Hall–Kier alpha value is -4.06. The van der Waals surface area contributed by atoms with Crippen LogP contribution < -0.4 is 19.7 Å². The normalized spacial score (nSPS) is 13.5. The molecule has 2 amide bonds. The molecule has 0 radical (unpaired) electrons. The summed E-state index contributed by atoms with van der Waals surface area (Å²) in [5.74, 6) is 0.231. The second-order valence-corrected chi connectivity index (χ2v) is 7.32. The lowest BCUT2D eigenvalue weighted by Crippen LogP contribution is -2.32. The third-order valence-electron chi connectivity index (χ3n) is 5.17. The third-order valence-corrected chi connectivity index (χ3v) is 5.17. The average molecular weight is 428 g/mol. The number of amides is 2. The van der Waals surface area contributed by atoms with E-state index in [0.29, 0.717) is 35.0 Å². The Kier molecular flexibility index (Phi) is 5.94. The van der Waals surface area contributed by atoms with Crippen LogP contribution in [0.5, 0.6) is 11.5 Å². The quantitative estimate of drug-likeness (QED) is 0.548. The van der Waals surface area contributed by atoms with Crippen LogP contribution in [0.25, 0.3) is 5.57 Å². The first-order valence-corrected chi connectivity index (χ1v) is 10.4. The molecule has 3 aromatic carbocycles. The number of aryl methyl sites for hydroxylation is 1. The van der Waals surface area contributed by atoms with Gasteiger partial charge in [0.2, 0.25) is 0 Å². The number of hydrogen-bond acceptors (Lipinski definition) is 5. The molecule has 3 aromatic rings. The number of methoxy groups -OCH3 is 1. The molecule has 1 aliphatic rings. The summed E-state index contributed by atoms with van der Waals surface area (Å²) in [4.78, 5) is 28.3. The summed E-state index contributed by atoms with van der Waals surface area (Å²) in [6, 6.07) is 21.8. The maximum absolute atomic E-state index is 13.6. The van der Waals surface area contributed by atoms with Gasteiger partial charge in [-0.2, -0.15) is 0 Å². The summed E-state index contributed by atoms with van der Waals surface area (Å²) < 4.78 is 11.0. The van der Waals surface area contributed by atoms with Crippen molar-refractivity contribution < 1.29 is 19.1 Å². The lowest BCUT2D eigenvalue weighted by molar-refractivity contribution is -0.120. The summed E-state index contributed by atoms with van der Waals surface area (Å²) >= 11 is 0. The second kappa shape index (κ2) is 8.98. The smallest absolute Gasteiger partial charge is 0.282 e. The van der Waals surface area contributed by atoms with Crippen molar-refractivity contribution in [3.8, 4) is 11.5 Å². The van der Waals surface area contributed by atoms with E-state index in [2.05, 4.69) is 5.32 Å². The molecule has 0 aromatic heterocycles. The zero-order chi connectivity index (χ0) is 22.7. The van der Waals surface area contributed by atoms with Gasteiger partial charge in [-0.1, -0.05) is 42.0 Å². The number of anilines is 2. The molecule has 0 spiro atoms. The molecular formula is C26H24N2O4. The number of carbonyl (C=O) groups excluding carboxylic acids is 2. The fourth-order valence-corrected chi connectivity index (χ4v) is 3.64. The molecule has 0 aliphatic carbocycles. The lowest BCUT2D eigenvalue weighted by atomic mass is 10.0. The van der Waals surface area contributed by atoms with E-state index in [1.54, 1.807) is 36.4 Å². The number of rotatable bonds is 7. The van der Waals surface area contributed by atoms with Crippen molar-refractivity contribution in [3.63, 3.8) is 0 Å². The molecule has 1 heterocycles. The number of para-hydroxylation sites is 1. The number of ether oxygens (including phenoxy) is 2. The zero-order valence-electron chi connectivity index (χ0n) is 18.2. The SMILES string of the molecule is CCOc1cccc(N2C(=O)C(Nc3ccc(C)cc3)=C(c3ccccc3OC)C2=O)c1. The highest BCUT2D eigenvalue weighted by molar-refractivity contribution is 6.46. The van der Waals surface area contributed by atoms with Crippen molar-refractivity contribution in [1.29, 1.82) is 0 Å². The van der Waals surface area contributed by atoms with Crippen molar-refractivity contribution >= 4 is 28.8 Å². The number of imide groups is 1. The van der Waals surface area contributed by atoms with E-state index in [1.807, 2.05) is 50.2 Å². The van der Waals surface area contributed by atoms with Gasteiger partial charge in [0, 0.05) is 17.3 Å². The molecule has 0 saturated carbocycles. The molecule has 0 bridgehead atoms. The van der Waals surface area contributed by atoms with Gasteiger partial charge in [0.15, 0.2) is 0 Å². The third kappa shape index (κ3) is 3.95. The maximum Gasteiger partial charge on any atom is 0.282 e. The Labute approximate surface area is 187 Å². The van der Waals surface area contributed by atoms with Crippen LogP contribution in [-0.4, -0.2) is 25.5 Å². The Morgan fingerprint density at radius 1 is 0.906 bits per heavy atom. The standard InChI is InChI=1S/C26H24N2O4/c1-4-32-20-9-7-8-19(16-20)28-25(29)23(21-10-5-6-11-22(21)31-3)24(26(28)30)27-18-14-12-17(2)13-15-18/h5-16,27H,4H2,1-3H3. The molecule has 0 fully saturated rings. The summed E-state index contributed by atoms with van der Waals surface area (Å²) in [6.07, 6.45) is 0. The first kappa shape index (κ1) is 21.2. The first-order chi connectivity index (χ1) is 15.5. The van der Waals surface area contributed by atoms with Gasteiger partial charge in [-0.05, 0) is 44.2 Å². The average Bonchev–Trinajstić information content (AvgIpc) is 3.04. The summed E-state index contributed by atoms with van der Waals surface area (Å²) in [6.45, 7) is 4.35. The van der Waals surface area contributed by atoms with Gasteiger partial charge in [-0.15, -0.1) is 0 Å². The predicted octanol–water partition coefficient (Wildman–Crippen LogP) is 4.80. The van der Waals surface area contributed by atoms with Gasteiger partial charge in [-0.3, -0.25) is 9.59 Å². The van der Waals surface area contributed by atoms with E-state index < -0.39 is 11.8 Å².